The predicted octanol–water partition coefficient (Wildman–Crippen LogP) is 7.48. The van der Waals surface area contributed by atoms with Crippen LogP contribution < -0.4 is 0 Å². The standard InChI is InChI=1S/C32H46FO3Si/c1-21(2)27-14-11-13-25(16-23(4)34)29(27)17-26(19-36-20-37(9)32(6,7)8)24(5)31(35)18-28-22(3)12-10-15-30(28)33/h10-15,21,24,26H,16-20H2,1-9H3/t24?,26-/m1/s1. The summed E-state index contributed by atoms with van der Waals surface area (Å²) in [6, 6.07) is 11.1. The molecule has 5 heteroatoms. The van der Waals surface area contributed by atoms with Crippen LogP contribution in [0.15, 0.2) is 36.4 Å². The van der Waals surface area contributed by atoms with Crippen molar-refractivity contribution in [2.24, 2.45) is 11.8 Å². The fourth-order valence-electron chi connectivity index (χ4n) is 4.59. The Morgan fingerprint density at radius 1 is 1.00 bits per heavy atom. The molecule has 0 heterocycles. The fourth-order valence-corrected chi connectivity index (χ4v) is 5.45. The first-order valence-corrected chi connectivity index (χ1v) is 15.7. The number of halogens is 1. The van der Waals surface area contributed by atoms with E-state index in [4.69, 9.17) is 4.74 Å². The summed E-state index contributed by atoms with van der Waals surface area (Å²) in [6.45, 7) is 19.2. The van der Waals surface area contributed by atoms with Gasteiger partial charge in [0.2, 0.25) is 0 Å². The highest BCUT2D eigenvalue weighted by molar-refractivity contribution is 6.60. The van der Waals surface area contributed by atoms with E-state index in [-0.39, 0.29) is 40.7 Å². The van der Waals surface area contributed by atoms with Crippen LogP contribution in [0.4, 0.5) is 4.39 Å². The van der Waals surface area contributed by atoms with Gasteiger partial charge in [0.05, 0.1) is 8.80 Å². The molecule has 2 atom stereocenters. The molecule has 0 aliphatic carbocycles. The molecule has 0 N–H and O–H groups in total. The van der Waals surface area contributed by atoms with Gasteiger partial charge in [-0.3, -0.25) is 9.59 Å². The van der Waals surface area contributed by atoms with Crippen LogP contribution in [0, 0.1) is 24.6 Å². The lowest BCUT2D eigenvalue weighted by Crippen LogP contribution is -2.33. The number of rotatable bonds is 13. The highest BCUT2D eigenvalue weighted by atomic mass is 28.3. The van der Waals surface area contributed by atoms with Gasteiger partial charge >= 0.3 is 0 Å². The van der Waals surface area contributed by atoms with Gasteiger partial charge in [0.15, 0.2) is 0 Å². The van der Waals surface area contributed by atoms with Crippen LogP contribution in [0.5, 0.6) is 0 Å². The summed E-state index contributed by atoms with van der Waals surface area (Å²) >= 11 is 0. The summed E-state index contributed by atoms with van der Waals surface area (Å²) in [7, 11) is -0.724. The molecule has 0 saturated carbocycles. The molecule has 3 nitrogen and oxygen atoms in total. The summed E-state index contributed by atoms with van der Waals surface area (Å²) in [6.07, 6.45) is 1.82. The minimum atomic E-state index is -0.724. The molecule has 2 aromatic carbocycles. The molecule has 0 fully saturated rings. The second-order valence-corrected chi connectivity index (χ2v) is 15.3. The number of hydrogen-bond donors (Lipinski definition) is 0. The molecule has 1 unspecified atom stereocenters. The van der Waals surface area contributed by atoms with Crippen LogP contribution in [0.2, 0.25) is 11.6 Å². The minimum absolute atomic E-state index is 0.0230. The Bertz CT molecular complexity index is 1050. The molecule has 2 aromatic rings. The van der Waals surface area contributed by atoms with Crippen LogP contribution in [-0.2, 0) is 33.6 Å². The van der Waals surface area contributed by atoms with Crippen LogP contribution in [-0.4, -0.2) is 33.2 Å². The summed E-state index contributed by atoms with van der Waals surface area (Å²) < 4.78 is 20.8. The van der Waals surface area contributed by atoms with Crippen LogP contribution in [0.1, 0.15) is 82.2 Å². The Morgan fingerprint density at radius 3 is 2.22 bits per heavy atom. The van der Waals surface area contributed by atoms with Gasteiger partial charge in [-0.15, -0.1) is 0 Å². The van der Waals surface area contributed by atoms with Crippen molar-refractivity contribution in [1.29, 1.82) is 0 Å². The molecule has 0 aliphatic heterocycles. The Labute approximate surface area is 225 Å². The Balaban J connectivity index is 2.38. The third-order valence-electron chi connectivity index (χ3n) is 7.69. The van der Waals surface area contributed by atoms with Crippen molar-refractivity contribution in [2.45, 2.75) is 92.2 Å². The van der Waals surface area contributed by atoms with Crippen molar-refractivity contribution in [3.05, 3.63) is 70.0 Å². The Hall–Kier alpha value is -2.11. The molecule has 0 saturated heterocycles. The fraction of sp³-hybridized carbons (Fsp3) is 0.562. The zero-order valence-corrected chi connectivity index (χ0v) is 25.3. The number of aryl methyl sites for hydroxylation is 1. The van der Waals surface area contributed by atoms with Crippen molar-refractivity contribution in [3.63, 3.8) is 0 Å². The van der Waals surface area contributed by atoms with Gasteiger partial charge in [0.1, 0.15) is 17.4 Å². The molecule has 0 bridgehead atoms. The zero-order chi connectivity index (χ0) is 27.9. The van der Waals surface area contributed by atoms with E-state index in [2.05, 4.69) is 47.2 Å². The van der Waals surface area contributed by atoms with Crippen LogP contribution >= 0.6 is 0 Å². The zero-order valence-electron chi connectivity index (χ0n) is 24.3. The highest BCUT2D eigenvalue weighted by Crippen LogP contribution is 2.31. The van der Waals surface area contributed by atoms with Gasteiger partial charge in [-0.05, 0) is 71.0 Å². The maximum absolute atomic E-state index is 14.5. The van der Waals surface area contributed by atoms with Crippen LogP contribution in [0.25, 0.3) is 0 Å². The predicted molar refractivity (Wildman–Crippen MR) is 153 cm³/mol. The largest absolute Gasteiger partial charge is 0.385 e. The van der Waals surface area contributed by atoms with E-state index in [1.165, 1.54) is 11.6 Å². The van der Waals surface area contributed by atoms with Gasteiger partial charge in [-0.1, -0.05) is 78.4 Å². The minimum Gasteiger partial charge on any atom is -0.385 e. The number of benzene rings is 2. The second kappa shape index (κ2) is 13.6. The van der Waals surface area contributed by atoms with Crippen molar-refractivity contribution >= 4 is 20.4 Å². The quantitative estimate of drug-likeness (QED) is 0.255. The van der Waals surface area contributed by atoms with E-state index in [0.29, 0.717) is 37.2 Å². The van der Waals surface area contributed by atoms with Gasteiger partial charge in [-0.2, -0.15) is 0 Å². The molecule has 0 amide bonds. The molecule has 203 valence electrons. The Morgan fingerprint density at radius 2 is 1.65 bits per heavy atom. The first kappa shape index (κ1) is 31.1. The SMILES string of the molecule is CC(=O)Cc1cccc(C(C)C)c1C[C@H](COC[Si](C)C(C)(C)C)C(C)C(=O)Cc1c(C)cccc1F. The van der Waals surface area contributed by atoms with Crippen molar-refractivity contribution in [2.75, 3.05) is 12.8 Å². The summed E-state index contributed by atoms with van der Waals surface area (Å²) in [5.74, 6) is -0.272. The number of carbonyl (C=O) groups excluding carboxylic acids is 2. The van der Waals surface area contributed by atoms with E-state index in [1.807, 2.05) is 32.0 Å². The van der Waals surface area contributed by atoms with Gasteiger partial charge in [-0.25, -0.2) is 4.39 Å². The lowest BCUT2D eigenvalue weighted by molar-refractivity contribution is -0.124. The summed E-state index contributed by atoms with van der Waals surface area (Å²) in [5.41, 5.74) is 4.67. The normalized spacial score (nSPS) is 13.7. The van der Waals surface area contributed by atoms with E-state index < -0.39 is 8.80 Å². The maximum Gasteiger partial charge on any atom is 0.140 e. The van der Waals surface area contributed by atoms with Crippen molar-refractivity contribution in [1.82, 2.24) is 0 Å². The van der Waals surface area contributed by atoms with E-state index >= 15 is 0 Å². The Kier molecular flexibility index (Phi) is 11.4. The number of ketones is 2. The topological polar surface area (TPSA) is 43.4 Å². The highest BCUT2D eigenvalue weighted by Gasteiger charge is 2.29. The molecule has 2 rings (SSSR count). The van der Waals surface area contributed by atoms with E-state index in [0.717, 1.165) is 16.7 Å². The monoisotopic (exact) mass is 525 g/mol. The van der Waals surface area contributed by atoms with Crippen molar-refractivity contribution < 1.29 is 18.7 Å². The molecular formula is C32H46FO3Si. The molecular weight excluding hydrogens is 479 g/mol. The van der Waals surface area contributed by atoms with E-state index in [9.17, 15) is 14.0 Å². The average Bonchev–Trinajstić information content (AvgIpc) is 2.79. The number of Topliss-reactive ketones (excluding diaryl/α,β-unsaturated/α-hetero) is 2. The third kappa shape index (κ3) is 9.00. The second-order valence-electron chi connectivity index (χ2n) is 12.0. The van der Waals surface area contributed by atoms with Crippen LogP contribution in [0.3, 0.4) is 0 Å². The lowest BCUT2D eigenvalue weighted by Gasteiger charge is -2.29. The summed E-state index contributed by atoms with van der Waals surface area (Å²) in [4.78, 5) is 25.6. The van der Waals surface area contributed by atoms with Crippen molar-refractivity contribution in [3.8, 4) is 0 Å². The molecule has 0 spiro atoms. The molecule has 1 radical (unpaired) electrons. The average molecular weight is 526 g/mol. The number of carbonyl (C=O) groups is 2. The smallest absolute Gasteiger partial charge is 0.140 e. The first-order valence-electron chi connectivity index (χ1n) is 13.5. The third-order valence-corrected chi connectivity index (χ3v) is 10.9. The molecule has 0 aliphatic rings. The first-order chi connectivity index (χ1) is 17.2. The summed E-state index contributed by atoms with van der Waals surface area (Å²) in [5, 5.41) is 0.225. The number of ether oxygens (including phenoxy) is 1. The van der Waals surface area contributed by atoms with Gasteiger partial charge in [0.25, 0.3) is 0 Å². The maximum atomic E-state index is 14.5. The van der Waals surface area contributed by atoms with Gasteiger partial charge in [0, 0.05) is 31.6 Å². The molecule has 37 heavy (non-hydrogen) atoms. The van der Waals surface area contributed by atoms with E-state index in [1.54, 1.807) is 13.0 Å². The van der Waals surface area contributed by atoms with Gasteiger partial charge < -0.3 is 4.74 Å². The molecule has 0 aromatic heterocycles. The number of hydrogen-bond acceptors (Lipinski definition) is 3. The lowest BCUT2D eigenvalue weighted by atomic mass is 9.79.